The van der Waals surface area contributed by atoms with Gasteiger partial charge in [0.05, 0.1) is 6.04 Å². The van der Waals surface area contributed by atoms with Crippen LogP contribution < -0.4 is 11.1 Å². The maximum atomic E-state index is 10.4. The van der Waals surface area contributed by atoms with Crippen molar-refractivity contribution in [2.45, 2.75) is 37.8 Å². The van der Waals surface area contributed by atoms with Crippen molar-refractivity contribution in [3.63, 3.8) is 0 Å². The Hall–Kier alpha value is -1.03. The first kappa shape index (κ1) is 10.1. The van der Waals surface area contributed by atoms with Gasteiger partial charge in [-0.15, -0.1) is 0 Å². The molecule has 2 unspecified atom stereocenters. The van der Waals surface area contributed by atoms with Crippen LogP contribution >= 0.6 is 0 Å². The first-order chi connectivity index (χ1) is 6.20. The fraction of sp³-hybridized carbons (Fsp3) is 0.667. The molecule has 74 valence electrons. The summed E-state index contributed by atoms with van der Waals surface area (Å²) in [4.78, 5) is 10.4. The number of hydrogen-bond acceptors (Lipinski definition) is 2. The molecule has 0 heterocycles. The van der Waals surface area contributed by atoms with Crippen LogP contribution in [0.4, 0.5) is 4.79 Å². The molecule has 4 heteroatoms. The van der Waals surface area contributed by atoms with Gasteiger partial charge in [-0.1, -0.05) is 18.6 Å². The smallest absolute Gasteiger partial charge is 0.405 e. The van der Waals surface area contributed by atoms with E-state index in [1.54, 1.807) is 0 Å². The van der Waals surface area contributed by atoms with Gasteiger partial charge < -0.3 is 16.2 Å². The second kappa shape index (κ2) is 4.87. The molecule has 2 atom stereocenters. The lowest BCUT2D eigenvalue weighted by Gasteiger charge is -2.22. The highest BCUT2D eigenvalue weighted by atomic mass is 16.4. The molecule has 1 aliphatic rings. The highest BCUT2D eigenvalue weighted by Crippen LogP contribution is 2.10. The Balaban J connectivity index is 2.54. The van der Waals surface area contributed by atoms with E-state index in [0.29, 0.717) is 0 Å². The Labute approximate surface area is 77.8 Å². The molecule has 1 aliphatic carbocycles. The van der Waals surface area contributed by atoms with Crippen molar-refractivity contribution in [3.8, 4) is 0 Å². The van der Waals surface area contributed by atoms with Crippen LogP contribution in [0.2, 0.25) is 0 Å². The second-order valence-electron chi connectivity index (χ2n) is 3.35. The fourth-order valence-corrected chi connectivity index (χ4v) is 1.51. The topological polar surface area (TPSA) is 75.3 Å². The van der Waals surface area contributed by atoms with Crippen molar-refractivity contribution in [1.29, 1.82) is 0 Å². The monoisotopic (exact) mass is 184 g/mol. The van der Waals surface area contributed by atoms with Crippen LogP contribution in [0.25, 0.3) is 0 Å². The molecule has 4 N–H and O–H groups in total. The number of rotatable bonds is 1. The summed E-state index contributed by atoms with van der Waals surface area (Å²) in [6.45, 7) is 0. The molecule has 0 aromatic carbocycles. The Morgan fingerprint density at radius 2 is 2.31 bits per heavy atom. The summed E-state index contributed by atoms with van der Waals surface area (Å²) >= 11 is 0. The Kier molecular flexibility index (Phi) is 3.76. The number of carboxylic acid groups (broad SMARTS) is 1. The number of allylic oxidation sites excluding steroid dienone is 1. The van der Waals surface area contributed by atoms with Gasteiger partial charge >= 0.3 is 6.09 Å². The van der Waals surface area contributed by atoms with E-state index in [0.717, 1.165) is 25.7 Å². The average molecular weight is 184 g/mol. The highest BCUT2D eigenvalue weighted by molar-refractivity contribution is 5.65. The molecule has 0 aliphatic heterocycles. The number of carbonyl (C=O) groups is 1. The average Bonchev–Trinajstić information content (AvgIpc) is 2.04. The zero-order valence-electron chi connectivity index (χ0n) is 7.57. The number of nitrogens with two attached hydrogens (primary N) is 1. The van der Waals surface area contributed by atoms with E-state index in [2.05, 4.69) is 5.32 Å². The van der Waals surface area contributed by atoms with Gasteiger partial charge in [-0.25, -0.2) is 4.79 Å². The van der Waals surface area contributed by atoms with E-state index < -0.39 is 6.09 Å². The lowest BCUT2D eigenvalue weighted by molar-refractivity contribution is 0.190. The quantitative estimate of drug-likeness (QED) is 0.534. The third-order valence-electron chi connectivity index (χ3n) is 2.25. The van der Waals surface area contributed by atoms with Crippen LogP contribution in [0.3, 0.4) is 0 Å². The minimum absolute atomic E-state index is 0.0901. The molecular weight excluding hydrogens is 168 g/mol. The SMILES string of the molecule is NC1CCCC/C=C/C1NC(=O)O. The van der Waals surface area contributed by atoms with E-state index in [1.165, 1.54) is 0 Å². The summed E-state index contributed by atoms with van der Waals surface area (Å²) in [7, 11) is 0. The standard InChI is InChI=1S/C9H16N2O2/c10-7-5-3-1-2-4-6-8(7)11-9(12)13/h4,6-8,11H,1-3,5,10H2,(H,12,13)/b6-4+. The molecule has 0 bridgehead atoms. The van der Waals surface area contributed by atoms with E-state index in [-0.39, 0.29) is 12.1 Å². The number of hydrogen-bond donors (Lipinski definition) is 3. The van der Waals surface area contributed by atoms with Crippen molar-refractivity contribution in [1.82, 2.24) is 5.32 Å². The third-order valence-corrected chi connectivity index (χ3v) is 2.25. The summed E-state index contributed by atoms with van der Waals surface area (Å²) in [6.07, 6.45) is 6.97. The van der Waals surface area contributed by atoms with Gasteiger partial charge in [-0.05, 0) is 19.3 Å². The van der Waals surface area contributed by atoms with Gasteiger partial charge in [0.25, 0.3) is 0 Å². The highest BCUT2D eigenvalue weighted by Gasteiger charge is 2.17. The second-order valence-corrected chi connectivity index (χ2v) is 3.35. The molecule has 0 saturated carbocycles. The van der Waals surface area contributed by atoms with Crippen LogP contribution in [0.1, 0.15) is 25.7 Å². The zero-order valence-corrected chi connectivity index (χ0v) is 7.57. The molecular formula is C9H16N2O2. The molecule has 0 spiro atoms. The summed E-state index contributed by atoms with van der Waals surface area (Å²) in [5.41, 5.74) is 5.82. The van der Waals surface area contributed by atoms with Gasteiger partial charge in [0, 0.05) is 6.04 Å². The molecule has 0 saturated heterocycles. The van der Waals surface area contributed by atoms with Crippen LogP contribution in [0.15, 0.2) is 12.2 Å². The zero-order chi connectivity index (χ0) is 9.68. The van der Waals surface area contributed by atoms with Gasteiger partial charge in [-0.2, -0.15) is 0 Å². The van der Waals surface area contributed by atoms with Crippen LogP contribution in [-0.2, 0) is 0 Å². The first-order valence-electron chi connectivity index (χ1n) is 4.62. The molecule has 4 nitrogen and oxygen atoms in total. The molecule has 0 aromatic heterocycles. The van der Waals surface area contributed by atoms with E-state index in [1.807, 2.05) is 12.2 Å². The molecule has 13 heavy (non-hydrogen) atoms. The molecule has 0 radical (unpaired) electrons. The van der Waals surface area contributed by atoms with E-state index in [9.17, 15) is 4.79 Å². The lowest BCUT2D eigenvalue weighted by Crippen LogP contribution is -2.46. The third kappa shape index (κ3) is 3.46. The van der Waals surface area contributed by atoms with Crippen molar-refractivity contribution in [2.75, 3.05) is 0 Å². The maximum Gasteiger partial charge on any atom is 0.405 e. The molecule has 0 fully saturated rings. The first-order valence-corrected chi connectivity index (χ1v) is 4.62. The van der Waals surface area contributed by atoms with Crippen molar-refractivity contribution in [2.24, 2.45) is 5.73 Å². The van der Waals surface area contributed by atoms with Gasteiger partial charge in [0.15, 0.2) is 0 Å². The maximum absolute atomic E-state index is 10.4. The molecule has 1 amide bonds. The summed E-state index contributed by atoms with van der Waals surface area (Å²) in [6, 6.07) is -0.314. The van der Waals surface area contributed by atoms with Crippen LogP contribution in [0, 0.1) is 0 Å². The minimum atomic E-state index is -1.01. The summed E-state index contributed by atoms with van der Waals surface area (Å²) < 4.78 is 0. The van der Waals surface area contributed by atoms with E-state index >= 15 is 0 Å². The van der Waals surface area contributed by atoms with Gasteiger partial charge in [0.1, 0.15) is 0 Å². The predicted molar refractivity (Wildman–Crippen MR) is 50.5 cm³/mol. The Morgan fingerprint density at radius 3 is 3.00 bits per heavy atom. The number of amides is 1. The lowest BCUT2D eigenvalue weighted by atomic mass is 9.98. The summed E-state index contributed by atoms with van der Waals surface area (Å²) in [5.74, 6) is 0. The van der Waals surface area contributed by atoms with Gasteiger partial charge in [0.2, 0.25) is 0 Å². The molecule has 1 rings (SSSR count). The van der Waals surface area contributed by atoms with Crippen molar-refractivity contribution >= 4 is 6.09 Å². The van der Waals surface area contributed by atoms with E-state index in [4.69, 9.17) is 10.8 Å². The Bertz CT molecular complexity index is 204. The Morgan fingerprint density at radius 1 is 1.54 bits per heavy atom. The fourth-order valence-electron chi connectivity index (χ4n) is 1.51. The van der Waals surface area contributed by atoms with Crippen molar-refractivity contribution < 1.29 is 9.90 Å². The van der Waals surface area contributed by atoms with Crippen LogP contribution in [-0.4, -0.2) is 23.3 Å². The molecule has 0 aromatic rings. The van der Waals surface area contributed by atoms with Crippen molar-refractivity contribution in [3.05, 3.63) is 12.2 Å². The largest absolute Gasteiger partial charge is 0.465 e. The van der Waals surface area contributed by atoms with Gasteiger partial charge in [-0.3, -0.25) is 0 Å². The number of nitrogens with one attached hydrogen (secondary N) is 1. The minimum Gasteiger partial charge on any atom is -0.465 e. The normalized spacial score (nSPS) is 31.5. The van der Waals surface area contributed by atoms with Crippen LogP contribution in [0.5, 0.6) is 0 Å². The predicted octanol–water partition coefficient (Wildman–Crippen LogP) is 1.08. The summed E-state index contributed by atoms with van der Waals surface area (Å²) in [5, 5.41) is 10.9.